The van der Waals surface area contributed by atoms with E-state index in [1.807, 2.05) is 26.0 Å². The van der Waals surface area contributed by atoms with E-state index in [-0.39, 0.29) is 5.24 Å². The second kappa shape index (κ2) is 4.51. The zero-order chi connectivity index (χ0) is 10.7. The van der Waals surface area contributed by atoms with Crippen LogP contribution in [-0.4, -0.2) is 24.2 Å². The fourth-order valence-electron chi connectivity index (χ4n) is 1.18. The summed E-state index contributed by atoms with van der Waals surface area (Å²) in [6, 6.07) is 6.16. The number of hydrogen-bond acceptors (Lipinski definition) is 2. The van der Waals surface area contributed by atoms with Gasteiger partial charge in [-0.25, -0.2) is 0 Å². The smallest absolute Gasteiger partial charge is 0.285 e. The summed E-state index contributed by atoms with van der Waals surface area (Å²) < 4.78 is 0. The number of thioether (sulfide) groups is 1. The highest BCUT2D eigenvalue weighted by atomic mass is 32.2. The van der Waals surface area contributed by atoms with Gasteiger partial charge in [0.15, 0.2) is 0 Å². The molecule has 1 aromatic rings. The maximum Gasteiger partial charge on any atom is 0.285 e. The molecule has 0 heterocycles. The highest BCUT2D eigenvalue weighted by Gasteiger charge is 2.06. The Morgan fingerprint density at radius 2 is 1.64 bits per heavy atom. The van der Waals surface area contributed by atoms with E-state index in [9.17, 15) is 4.79 Å². The van der Waals surface area contributed by atoms with E-state index in [0.29, 0.717) is 0 Å². The largest absolute Gasteiger partial charge is 0.339 e. The van der Waals surface area contributed by atoms with Gasteiger partial charge in [-0.2, -0.15) is 0 Å². The van der Waals surface area contributed by atoms with E-state index in [2.05, 4.69) is 6.07 Å². The minimum atomic E-state index is 0.0648. The number of hydrogen-bond donors (Lipinski definition) is 0. The van der Waals surface area contributed by atoms with Crippen LogP contribution in [0.3, 0.4) is 0 Å². The van der Waals surface area contributed by atoms with Crippen LogP contribution in [0.5, 0.6) is 0 Å². The van der Waals surface area contributed by atoms with Crippen molar-refractivity contribution in [2.45, 2.75) is 18.7 Å². The van der Waals surface area contributed by atoms with E-state index < -0.39 is 0 Å². The molecule has 1 amide bonds. The summed E-state index contributed by atoms with van der Waals surface area (Å²) >= 11 is 1.27. The van der Waals surface area contributed by atoms with Crippen LogP contribution in [0.15, 0.2) is 23.1 Å². The lowest BCUT2D eigenvalue weighted by molar-refractivity contribution is 0.241. The number of carbonyl (C=O) groups is 1. The van der Waals surface area contributed by atoms with Crippen LogP contribution in [-0.2, 0) is 0 Å². The Kier molecular flexibility index (Phi) is 3.58. The molecular weight excluding hydrogens is 194 g/mol. The van der Waals surface area contributed by atoms with Crippen molar-refractivity contribution in [2.75, 3.05) is 14.1 Å². The molecule has 0 fully saturated rings. The van der Waals surface area contributed by atoms with Crippen LogP contribution >= 0.6 is 11.8 Å². The van der Waals surface area contributed by atoms with Crippen molar-refractivity contribution in [1.82, 2.24) is 4.90 Å². The Bertz CT molecular complexity index is 327. The number of rotatable bonds is 1. The van der Waals surface area contributed by atoms with Crippen molar-refractivity contribution in [3.63, 3.8) is 0 Å². The van der Waals surface area contributed by atoms with Crippen molar-refractivity contribution >= 4 is 17.0 Å². The normalized spacial score (nSPS) is 10.0. The Morgan fingerprint density at radius 1 is 1.14 bits per heavy atom. The Morgan fingerprint density at radius 3 is 2.07 bits per heavy atom. The molecule has 14 heavy (non-hydrogen) atoms. The summed E-state index contributed by atoms with van der Waals surface area (Å²) in [5, 5.41) is 0.0648. The fraction of sp³-hybridized carbons (Fsp3) is 0.364. The molecular formula is C11H15NOS. The van der Waals surface area contributed by atoms with Crippen molar-refractivity contribution in [2.24, 2.45) is 0 Å². The predicted molar refractivity (Wildman–Crippen MR) is 60.9 cm³/mol. The number of benzene rings is 1. The number of carbonyl (C=O) groups excluding carboxylic acids is 1. The van der Waals surface area contributed by atoms with E-state index in [0.717, 1.165) is 4.90 Å². The summed E-state index contributed by atoms with van der Waals surface area (Å²) in [6.07, 6.45) is 0. The molecule has 0 saturated carbocycles. The Labute approximate surface area is 89.3 Å². The first-order chi connectivity index (χ1) is 6.49. The molecule has 0 spiro atoms. The van der Waals surface area contributed by atoms with Gasteiger partial charge in [-0.1, -0.05) is 6.07 Å². The van der Waals surface area contributed by atoms with E-state index in [1.165, 1.54) is 22.9 Å². The van der Waals surface area contributed by atoms with E-state index >= 15 is 0 Å². The lowest BCUT2D eigenvalue weighted by atomic mass is 10.2. The molecule has 0 aliphatic carbocycles. The third-order valence-corrected chi connectivity index (χ3v) is 2.78. The third-order valence-electron chi connectivity index (χ3n) is 1.77. The first-order valence-electron chi connectivity index (χ1n) is 4.46. The summed E-state index contributed by atoms with van der Waals surface area (Å²) in [5.74, 6) is 0. The molecule has 0 aliphatic heterocycles. The average Bonchev–Trinajstić information content (AvgIpc) is 2.01. The highest BCUT2D eigenvalue weighted by Crippen LogP contribution is 2.22. The minimum absolute atomic E-state index is 0.0648. The van der Waals surface area contributed by atoms with Crippen molar-refractivity contribution in [3.8, 4) is 0 Å². The van der Waals surface area contributed by atoms with Gasteiger partial charge in [0.2, 0.25) is 0 Å². The van der Waals surface area contributed by atoms with Crippen LogP contribution in [0.1, 0.15) is 11.1 Å². The number of nitrogens with zero attached hydrogens (tertiary/aromatic N) is 1. The maximum absolute atomic E-state index is 11.4. The molecule has 1 rings (SSSR count). The van der Waals surface area contributed by atoms with Crippen LogP contribution < -0.4 is 0 Å². The van der Waals surface area contributed by atoms with Gasteiger partial charge in [0.25, 0.3) is 5.24 Å². The zero-order valence-corrected chi connectivity index (χ0v) is 9.81. The second-order valence-electron chi connectivity index (χ2n) is 3.59. The quantitative estimate of drug-likeness (QED) is 0.662. The van der Waals surface area contributed by atoms with E-state index in [4.69, 9.17) is 0 Å². The predicted octanol–water partition coefficient (Wildman–Crippen LogP) is 3.08. The molecule has 0 N–H and O–H groups in total. The first kappa shape index (κ1) is 11.1. The van der Waals surface area contributed by atoms with Crippen molar-refractivity contribution in [1.29, 1.82) is 0 Å². The molecule has 0 saturated heterocycles. The Hall–Kier alpha value is -0.960. The van der Waals surface area contributed by atoms with Gasteiger partial charge in [0.05, 0.1) is 0 Å². The van der Waals surface area contributed by atoms with Gasteiger partial charge in [0, 0.05) is 19.0 Å². The molecule has 0 bridgehead atoms. The SMILES string of the molecule is Cc1cc(C)cc(SC(=O)N(C)C)c1. The summed E-state index contributed by atoms with van der Waals surface area (Å²) in [5.41, 5.74) is 2.39. The molecule has 0 aliphatic rings. The number of aryl methyl sites for hydroxylation is 2. The molecule has 1 aromatic carbocycles. The van der Waals surface area contributed by atoms with Gasteiger partial charge in [-0.3, -0.25) is 4.79 Å². The van der Waals surface area contributed by atoms with Crippen LogP contribution in [0, 0.1) is 13.8 Å². The van der Waals surface area contributed by atoms with E-state index in [1.54, 1.807) is 19.0 Å². The molecule has 0 unspecified atom stereocenters. The van der Waals surface area contributed by atoms with Crippen molar-refractivity contribution in [3.05, 3.63) is 29.3 Å². The molecule has 3 heteroatoms. The summed E-state index contributed by atoms with van der Waals surface area (Å²) in [6.45, 7) is 4.08. The van der Waals surface area contributed by atoms with Crippen LogP contribution in [0.4, 0.5) is 4.79 Å². The molecule has 76 valence electrons. The van der Waals surface area contributed by atoms with Crippen molar-refractivity contribution < 1.29 is 4.79 Å². The molecule has 0 radical (unpaired) electrons. The topological polar surface area (TPSA) is 20.3 Å². The lowest BCUT2D eigenvalue weighted by Crippen LogP contribution is -2.16. The van der Waals surface area contributed by atoms with Gasteiger partial charge in [0.1, 0.15) is 0 Å². The second-order valence-corrected chi connectivity index (χ2v) is 4.61. The summed E-state index contributed by atoms with van der Waals surface area (Å²) in [7, 11) is 3.52. The molecule has 0 atom stereocenters. The fourth-order valence-corrected chi connectivity index (χ4v) is 2.06. The van der Waals surface area contributed by atoms with Gasteiger partial charge >= 0.3 is 0 Å². The lowest BCUT2D eigenvalue weighted by Gasteiger charge is -2.09. The molecule has 2 nitrogen and oxygen atoms in total. The maximum atomic E-state index is 11.4. The minimum Gasteiger partial charge on any atom is -0.339 e. The highest BCUT2D eigenvalue weighted by molar-refractivity contribution is 8.13. The zero-order valence-electron chi connectivity index (χ0n) is 9.00. The van der Waals surface area contributed by atoms with Gasteiger partial charge < -0.3 is 4.90 Å². The third kappa shape index (κ3) is 3.07. The average molecular weight is 209 g/mol. The molecule has 0 aromatic heterocycles. The van der Waals surface area contributed by atoms with Crippen LogP contribution in [0.2, 0.25) is 0 Å². The Balaban J connectivity index is 2.82. The first-order valence-corrected chi connectivity index (χ1v) is 5.28. The monoisotopic (exact) mass is 209 g/mol. The van der Waals surface area contributed by atoms with Crippen LogP contribution in [0.25, 0.3) is 0 Å². The standard InChI is InChI=1S/C11H15NOS/c1-8-5-9(2)7-10(6-8)14-11(13)12(3)4/h5-7H,1-4H3. The number of amides is 1. The summed E-state index contributed by atoms with van der Waals surface area (Å²) in [4.78, 5) is 14.0. The van der Waals surface area contributed by atoms with Gasteiger partial charge in [-0.05, 0) is 48.9 Å². The van der Waals surface area contributed by atoms with Gasteiger partial charge in [-0.15, -0.1) is 0 Å².